The Labute approximate surface area is 146 Å². The molecule has 3 heterocycles. The summed E-state index contributed by atoms with van der Waals surface area (Å²) in [5, 5.41) is 12.5. The van der Waals surface area contributed by atoms with Gasteiger partial charge in [-0.1, -0.05) is 18.2 Å². The van der Waals surface area contributed by atoms with Gasteiger partial charge in [-0.15, -0.1) is 11.3 Å². The summed E-state index contributed by atoms with van der Waals surface area (Å²) in [6.07, 6.45) is 3.15. The number of thiazole rings is 1. The van der Waals surface area contributed by atoms with Crippen molar-refractivity contribution in [3.63, 3.8) is 0 Å². The molecule has 0 aliphatic rings. The Balaban J connectivity index is 1.78. The molecule has 0 aliphatic carbocycles. The first-order valence-corrected chi connectivity index (χ1v) is 8.27. The molecule has 0 fully saturated rings. The van der Waals surface area contributed by atoms with Crippen molar-refractivity contribution in [3.8, 4) is 17.3 Å². The molecule has 0 atom stereocenters. The van der Waals surface area contributed by atoms with E-state index in [4.69, 9.17) is 8.83 Å². The Morgan fingerprint density at radius 2 is 2.12 bits per heavy atom. The lowest BCUT2D eigenvalue weighted by atomic mass is 10.1. The topological polar surface area (TPSA) is 80.0 Å². The van der Waals surface area contributed by atoms with E-state index >= 15 is 0 Å². The number of nitriles is 1. The number of benzene rings is 1. The number of hydrogen-bond acceptors (Lipinski definition) is 6. The van der Waals surface area contributed by atoms with E-state index in [0.717, 1.165) is 5.39 Å². The highest BCUT2D eigenvalue weighted by atomic mass is 32.1. The van der Waals surface area contributed by atoms with Gasteiger partial charge in [0.05, 0.1) is 23.1 Å². The van der Waals surface area contributed by atoms with Crippen LogP contribution in [0.1, 0.15) is 10.8 Å². The van der Waals surface area contributed by atoms with Crippen LogP contribution in [0.5, 0.6) is 0 Å². The molecule has 0 radical (unpaired) electrons. The summed E-state index contributed by atoms with van der Waals surface area (Å²) in [5.41, 5.74) is 1.30. The van der Waals surface area contributed by atoms with Crippen molar-refractivity contribution in [3.05, 3.63) is 75.3 Å². The molecule has 5 nitrogen and oxygen atoms in total. The van der Waals surface area contributed by atoms with Crippen LogP contribution in [0.3, 0.4) is 0 Å². The maximum atomic E-state index is 12.2. The van der Waals surface area contributed by atoms with E-state index < -0.39 is 5.63 Å². The van der Waals surface area contributed by atoms with Gasteiger partial charge in [0, 0.05) is 16.8 Å². The highest BCUT2D eigenvalue weighted by Crippen LogP contribution is 2.27. The Bertz CT molecular complexity index is 1180. The zero-order chi connectivity index (χ0) is 17.2. The molecule has 0 saturated carbocycles. The Morgan fingerprint density at radius 3 is 2.92 bits per heavy atom. The summed E-state index contributed by atoms with van der Waals surface area (Å²) in [5.74, 6) is 0.568. The molecule has 0 bridgehead atoms. The minimum absolute atomic E-state index is 0.372. The summed E-state index contributed by atoms with van der Waals surface area (Å²) in [6, 6.07) is 14.7. The van der Waals surface area contributed by atoms with Crippen LogP contribution < -0.4 is 5.63 Å². The molecule has 0 spiro atoms. The van der Waals surface area contributed by atoms with Crippen LogP contribution in [0, 0.1) is 11.3 Å². The van der Waals surface area contributed by atoms with Gasteiger partial charge in [-0.3, -0.25) is 0 Å². The number of hydrogen-bond donors (Lipinski definition) is 0. The fourth-order valence-corrected chi connectivity index (χ4v) is 3.20. The SMILES string of the molecule is N#C/C(=C\c1ccco1)c1nc(-c2cc3ccccc3oc2=O)cs1. The van der Waals surface area contributed by atoms with Crippen molar-refractivity contribution < 1.29 is 8.83 Å². The first-order chi connectivity index (χ1) is 12.2. The predicted molar refractivity (Wildman–Crippen MR) is 95.8 cm³/mol. The van der Waals surface area contributed by atoms with Gasteiger partial charge in [0.25, 0.3) is 0 Å². The van der Waals surface area contributed by atoms with Crippen molar-refractivity contribution in [1.82, 2.24) is 4.98 Å². The highest BCUT2D eigenvalue weighted by molar-refractivity contribution is 7.11. The molecular formula is C19H10N2O3S. The fourth-order valence-electron chi connectivity index (χ4n) is 2.42. The standard InChI is InChI=1S/C19H10N2O3S/c20-10-13(8-14-5-3-7-23-14)18-21-16(11-25-18)15-9-12-4-1-2-6-17(12)24-19(15)22/h1-9,11H/b13-8+. The number of allylic oxidation sites excluding steroid dienone is 1. The van der Waals surface area contributed by atoms with Crippen LogP contribution in [-0.2, 0) is 0 Å². The third-order valence-corrected chi connectivity index (χ3v) is 4.48. The largest absolute Gasteiger partial charge is 0.465 e. The molecule has 1 aromatic carbocycles. The second kappa shape index (κ2) is 6.23. The molecular weight excluding hydrogens is 336 g/mol. The third kappa shape index (κ3) is 2.89. The Hall–Kier alpha value is -3.43. The van der Waals surface area contributed by atoms with E-state index in [1.807, 2.05) is 18.2 Å². The van der Waals surface area contributed by atoms with E-state index in [2.05, 4.69) is 11.1 Å². The third-order valence-electron chi connectivity index (χ3n) is 3.60. The molecule has 0 saturated heterocycles. The monoisotopic (exact) mass is 346 g/mol. The van der Waals surface area contributed by atoms with Crippen LogP contribution >= 0.6 is 11.3 Å². The van der Waals surface area contributed by atoms with Gasteiger partial charge in [0.15, 0.2) is 0 Å². The summed E-state index contributed by atoms with van der Waals surface area (Å²) in [4.78, 5) is 16.7. The lowest BCUT2D eigenvalue weighted by molar-refractivity contribution is 0.557. The van der Waals surface area contributed by atoms with Gasteiger partial charge in [-0.25, -0.2) is 9.78 Å². The fraction of sp³-hybridized carbons (Fsp3) is 0. The number of aromatic nitrogens is 1. The van der Waals surface area contributed by atoms with Crippen LogP contribution in [0.25, 0.3) is 33.9 Å². The molecule has 4 rings (SSSR count). The van der Waals surface area contributed by atoms with Gasteiger partial charge in [0.1, 0.15) is 22.4 Å². The van der Waals surface area contributed by atoms with E-state index in [0.29, 0.717) is 33.2 Å². The molecule has 25 heavy (non-hydrogen) atoms. The van der Waals surface area contributed by atoms with Crippen molar-refractivity contribution in [2.75, 3.05) is 0 Å². The maximum Gasteiger partial charge on any atom is 0.345 e. The number of nitrogens with zero attached hydrogens (tertiary/aromatic N) is 2. The summed E-state index contributed by atoms with van der Waals surface area (Å²) < 4.78 is 10.6. The molecule has 0 amide bonds. The number of fused-ring (bicyclic) bond motifs is 1. The Morgan fingerprint density at radius 1 is 1.24 bits per heavy atom. The first-order valence-electron chi connectivity index (χ1n) is 7.39. The summed E-state index contributed by atoms with van der Waals surface area (Å²) >= 11 is 1.29. The number of rotatable bonds is 3. The average Bonchev–Trinajstić information content (AvgIpc) is 3.31. The van der Waals surface area contributed by atoms with E-state index in [9.17, 15) is 10.1 Å². The Kier molecular flexibility index (Phi) is 3.77. The van der Waals surface area contributed by atoms with Gasteiger partial charge >= 0.3 is 5.63 Å². The summed E-state index contributed by atoms with van der Waals surface area (Å²) in [6.45, 7) is 0. The second-order valence-electron chi connectivity index (χ2n) is 5.21. The molecule has 3 aromatic heterocycles. The average molecular weight is 346 g/mol. The first kappa shape index (κ1) is 15.1. The molecule has 0 N–H and O–H groups in total. The van der Waals surface area contributed by atoms with E-state index in [-0.39, 0.29) is 0 Å². The van der Waals surface area contributed by atoms with Crippen LogP contribution in [-0.4, -0.2) is 4.98 Å². The van der Waals surface area contributed by atoms with Crippen LogP contribution in [0.4, 0.5) is 0 Å². The zero-order valence-corrected chi connectivity index (χ0v) is 13.6. The second-order valence-corrected chi connectivity index (χ2v) is 6.07. The number of furan rings is 1. The number of para-hydroxylation sites is 1. The lowest BCUT2D eigenvalue weighted by Crippen LogP contribution is -2.02. The normalized spacial score (nSPS) is 11.6. The van der Waals surface area contributed by atoms with Crippen LogP contribution in [0.15, 0.2) is 67.7 Å². The van der Waals surface area contributed by atoms with Gasteiger partial charge in [-0.2, -0.15) is 5.26 Å². The zero-order valence-electron chi connectivity index (χ0n) is 12.8. The minimum atomic E-state index is -0.455. The van der Waals surface area contributed by atoms with Crippen molar-refractivity contribution in [1.29, 1.82) is 5.26 Å². The van der Waals surface area contributed by atoms with E-state index in [1.54, 1.807) is 35.7 Å². The van der Waals surface area contributed by atoms with Crippen molar-refractivity contribution in [2.24, 2.45) is 0 Å². The van der Waals surface area contributed by atoms with Gasteiger partial charge in [0.2, 0.25) is 0 Å². The van der Waals surface area contributed by atoms with Gasteiger partial charge < -0.3 is 8.83 Å². The molecule has 0 aliphatic heterocycles. The molecule has 4 aromatic rings. The van der Waals surface area contributed by atoms with E-state index in [1.165, 1.54) is 17.6 Å². The van der Waals surface area contributed by atoms with Gasteiger partial charge in [-0.05, 0) is 24.3 Å². The van der Waals surface area contributed by atoms with Crippen molar-refractivity contribution in [2.45, 2.75) is 0 Å². The molecule has 120 valence electrons. The lowest BCUT2D eigenvalue weighted by Gasteiger charge is -1.99. The van der Waals surface area contributed by atoms with Crippen molar-refractivity contribution >= 4 is 34.0 Å². The van der Waals surface area contributed by atoms with Crippen LogP contribution in [0.2, 0.25) is 0 Å². The summed E-state index contributed by atoms with van der Waals surface area (Å²) in [7, 11) is 0. The molecule has 0 unspecified atom stereocenters. The molecule has 6 heteroatoms. The predicted octanol–water partition coefficient (Wildman–Crippen LogP) is 4.57. The quantitative estimate of drug-likeness (QED) is 0.401. The maximum absolute atomic E-state index is 12.2. The minimum Gasteiger partial charge on any atom is -0.465 e. The highest BCUT2D eigenvalue weighted by Gasteiger charge is 2.14. The smallest absolute Gasteiger partial charge is 0.345 e.